The van der Waals surface area contributed by atoms with Gasteiger partial charge in [-0.3, -0.25) is 0 Å². The van der Waals surface area contributed by atoms with Gasteiger partial charge >= 0.3 is 70.4 Å². The van der Waals surface area contributed by atoms with Gasteiger partial charge in [-0.2, -0.15) is 0 Å². The minimum atomic E-state index is -5.08. The van der Waals surface area contributed by atoms with Crippen molar-refractivity contribution in [3.8, 4) is 0 Å². The number of benzene rings is 8. The van der Waals surface area contributed by atoms with E-state index < -0.39 is 70.4 Å². The minimum absolute atomic E-state index is 0.00211. The summed E-state index contributed by atoms with van der Waals surface area (Å²) in [7, 11) is -39.6. The molecule has 4 heterocycles. The highest BCUT2D eigenvalue weighted by Crippen LogP contribution is 2.43. The maximum Gasteiger partial charge on any atom is 0.515 e. The van der Waals surface area contributed by atoms with Crippen molar-refractivity contribution in [3.63, 3.8) is 0 Å². The quantitative estimate of drug-likeness (QED) is 0.118. The number of hydrogen-bond acceptors (Lipinski definition) is 14. The van der Waals surface area contributed by atoms with Crippen molar-refractivity contribution in [1.82, 2.24) is 0 Å². The van der Waals surface area contributed by atoms with Crippen LogP contribution in [0.1, 0.15) is 5.56 Å². The van der Waals surface area contributed by atoms with E-state index in [1.54, 1.807) is 0 Å². The van der Waals surface area contributed by atoms with Gasteiger partial charge in [0.05, 0.1) is 0 Å². The summed E-state index contributed by atoms with van der Waals surface area (Å²) in [6.07, 6.45) is 0. The monoisotopic (exact) mass is 1250 g/mol. The lowest BCUT2D eigenvalue weighted by molar-refractivity contribution is 0.0461. The molecule has 0 spiro atoms. The van der Waals surface area contributed by atoms with E-state index in [2.05, 4.69) is 0 Å². The van der Waals surface area contributed by atoms with Crippen LogP contribution in [0.15, 0.2) is 243 Å². The lowest BCUT2D eigenvalue weighted by atomic mass is 10.2. The van der Waals surface area contributed by atoms with Gasteiger partial charge in [0.2, 0.25) is 39.1 Å². The van der Waals surface area contributed by atoms with Crippen LogP contribution in [-0.4, -0.2) is 109 Å². The molecular formula is C53H54O14Si12. The third kappa shape index (κ3) is 11.4. The molecule has 0 amide bonds. The molecule has 4 saturated heterocycles. The maximum atomic E-state index is 8.48. The maximum absolute atomic E-state index is 8.48. The molecule has 0 aliphatic carbocycles. The van der Waals surface area contributed by atoms with Crippen molar-refractivity contribution in [2.75, 3.05) is 0 Å². The lowest BCUT2D eigenvalue weighted by Gasteiger charge is -2.57. The fourth-order valence-electron chi connectivity index (χ4n) is 9.58. The van der Waals surface area contributed by atoms with E-state index in [0.29, 0.717) is 36.3 Å². The molecule has 398 valence electrons. The Morgan fingerprint density at radius 2 is 0.468 bits per heavy atom. The van der Waals surface area contributed by atoms with Crippen molar-refractivity contribution < 1.29 is 57.6 Å². The second-order valence-electron chi connectivity index (χ2n) is 18.0. The van der Waals surface area contributed by atoms with Crippen LogP contribution in [0.4, 0.5) is 0 Å². The van der Waals surface area contributed by atoms with Crippen LogP contribution < -0.4 is 36.3 Å². The number of rotatable bonds is 17. The van der Waals surface area contributed by atoms with E-state index in [1.165, 1.54) is 0 Å². The van der Waals surface area contributed by atoms with Crippen molar-refractivity contribution in [1.29, 1.82) is 0 Å². The number of fused-ring (bicyclic) bond motifs is 4. The Bertz CT molecular complexity index is 3110. The first-order valence-corrected chi connectivity index (χ1v) is 45.1. The van der Waals surface area contributed by atoms with Crippen LogP contribution in [-0.2, 0) is 63.7 Å². The molecule has 0 saturated carbocycles. The predicted octanol–water partition coefficient (Wildman–Crippen LogP) is 4.57. The van der Waals surface area contributed by atoms with Crippen LogP contribution in [0.3, 0.4) is 0 Å². The molecule has 79 heavy (non-hydrogen) atoms. The molecule has 4 unspecified atom stereocenters. The Kier molecular flexibility index (Phi) is 17.4. The second-order valence-corrected chi connectivity index (χ2v) is 44.7. The molecule has 4 fully saturated rings. The summed E-state index contributed by atoms with van der Waals surface area (Å²) in [6.45, 7) is 7.74. The van der Waals surface area contributed by atoms with Crippen molar-refractivity contribution in [3.05, 3.63) is 248 Å². The molecule has 0 N–H and O–H groups in total. The van der Waals surface area contributed by atoms with Gasteiger partial charge in [-0.15, -0.1) is 0 Å². The molecule has 4 aliphatic heterocycles. The van der Waals surface area contributed by atoms with Gasteiger partial charge < -0.3 is 57.6 Å². The predicted molar refractivity (Wildman–Crippen MR) is 320 cm³/mol. The first-order valence-electron chi connectivity index (χ1n) is 25.5. The van der Waals surface area contributed by atoms with Crippen LogP contribution in [0.2, 0.25) is 26.2 Å². The summed E-state index contributed by atoms with van der Waals surface area (Å²) in [5.41, 5.74) is 0.802. The normalized spacial score (nSPS) is 29.9. The molecule has 12 rings (SSSR count). The fourth-order valence-corrected chi connectivity index (χ4v) is 57.4. The van der Waals surface area contributed by atoms with E-state index in [0.717, 1.165) is 5.56 Å². The van der Waals surface area contributed by atoms with E-state index in [-0.39, 0.29) is 45.1 Å². The van der Waals surface area contributed by atoms with Crippen LogP contribution in [0.25, 0.3) is 0 Å². The Labute approximate surface area is 480 Å². The number of hydrogen-bond donors (Lipinski definition) is 0. The lowest BCUT2D eigenvalue weighted by Crippen LogP contribution is -2.89. The Morgan fingerprint density at radius 3 is 0.722 bits per heavy atom. The highest BCUT2D eigenvalue weighted by Gasteiger charge is 2.79. The third-order valence-corrected chi connectivity index (χ3v) is 50.5. The van der Waals surface area contributed by atoms with Crippen molar-refractivity contribution in [2.45, 2.75) is 32.2 Å². The third-order valence-electron chi connectivity index (χ3n) is 12.9. The van der Waals surface area contributed by atoms with Gasteiger partial charge in [0.15, 0.2) is 0 Å². The zero-order valence-corrected chi connectivity index (χ0v) is 55.5. The molecular weight excluding hydrogens is 1200 g/mol. The molecule has 26 heteroatoms. The van der Waals surface area contributed by atoms with Gasteiger partial charge in [-0.1, -0.05) is 243 Å². The first-order chi connectivity index (χ1) is 38.6. The van der Waals surface area contributed by atoms with Crippen molar-refractivity contribution in [2.24, 2.45) is 0 Å². The molecule has 14 nitrogen and oxygen atoms in total. The average Bonchev–Trinajstić information content (AvgIpc) is 3.58. The summed E-state index contributed by atoms with van der Waals surface area (Å²) in [4.78, 5) is 0. The van der Waals surface area contributed by atoms with Crippen molar-refractivity contribution >= 4 is 146 Å². The smallest absolute Gasteiger partial charge is 0.413 e. The van der Waals surface area contributed by atoms with E-state index in [4.69, 9.17) is 57.6 Å². The van der Waals surface area contributed by atoms with Crippen LogP contribution >= 0.6 is 0 Å². The van der Waals surface area contributed by atoms with E-state index >= 15 is 0 Å². The average molecular weight is 1250 g/mol. The SMILES string of the molecule is C[Si]O[Si]1(c2ccccc2)O[Si]2(Cc3ccccc3)O[Si](O[Si]C)(c3ccccc3)O[Si](c3ccccc3)(O1)O[Si]1(c3ccccc3)O[Si](O[Si]C)(c3ccccc3)O[Si](c3ccccc3)(O2)O[Si](O[Si]C)(c2ccccc2)O1. The molecule has 8 aromatic carbocycles. The summed E-state index contributed by atoms with van der Waals surface area (Å²) < 4.78 is 113. The summed E-state index contributed by atoms with van der Waals surface area (Å²) in [5, 5.41) is 3.89. The van der Waals surface area contributed by atoms with Gasteiger partial charge in [0.1, 0.15) is 0 Å². The summed E-state index contributed by atoms with van der Waals surface area (Å²) in [6, 6.07) is 77.5. The minimum Gasteiger partial charge on any atom is -0.413 e. The van der Waals surface area contributed by atoms with Gasteiger partial charge in [-0.05, 0) is 31.8 Å². The Morgan fingerprint density at radius 1 is 0.253 bits per heavy atom. The molecule has 4 aliphatic rings. The van der Waals surface area contributed by atoms with Gasteiger partial charge in [0.25, 0.3) is 0 Å². The highest BCUT2D eigenvalue weighted by molar-refractivity contribution is 7.09. The largest absolute Gasteiger partial charge is 0.515 e. The summed E-state index contributed by atoms with van der Waals surface area (Å²) in [5.74, 6) is 0. The zero-order chi connectivity index (χ0) is 54.3. The van der Waals surface area contributed by atoms with E-state index in [9.17, 15) is 0 Å². The van der Waals surface area contributed by atoms with Crippen LogP contribution in [0, 0.1) is 0 Å². The fraction of sp³-hybridized carbons (Fsp3) is 0.0943. The van der Waals surface area contributed by atoms with Crippen LogP contribution in [0.5, 0.6) is 0 Å². The van der Waals surface area contributed by atoms with Gasteiger partial charge in [0, 0.05) is 42.4 Å². The summed E-state index contributed by atoms with van der Waals surface area (Å²) >= 11 is 0. The Balaban J connectivity index is 1.39. The molecule has 0 aromatic heterocycles. The van der Waals surface area contributed by atoms with E-state index in [1.807, 2.05) is 269 Å². The first kappa shape index (κ1) is 56.7. The molecule has 8 aromatic rings. The molecule has 4 bridgehead atoms. The van der Waals surface area contributed by atoms with Gasteiger partial charge in [-0.25, -0.2) is 0 Å². The highest BCUT2D eigenvalue weighted by atomic mass is 28.6. The second kappa shape index (κ2) is 24.3. The molecule has 8 radical (unpaired) electrons. The molecule has 4 atom stereocenters. The standard InChI is InChI=1S/C53H54O14Si12/c1-68-54-73(47-31-15-6-16-32-47)58-72(45-46-29-13-5-14-30-46)59-74(55-69-2,48-33-17-7-18-34-48)62-78(61-73,52-41-25-11-26-42-52)67-79(53-43-27-12-28-44-53)65-75(56-70-3,49-35-19-8-20-36-49)63-77(60-72,51-39-23-10-24-40-51)64-76(66-79,57-71-4)50-37-21-9-22-38-50/h5-44H,45H2,1-4H3. The topological polar surface area (TPSA) is 129 Å². The zero-order valence-electron chi connectivity index (χ0n) is 43.5. The Hall–Kier alpha value is -4.20.